The summed E-state index contributed by atoms with van der Waals surface area (Å²) in [6.45, 7) is 11.4. The van der Waals surface area contributed by atoms with Gasteiger partial charge in [-0.05, 0) is 106 Å². The summed E-state index contributed by atoms with van der Waals surface area (Å²) >= 11 is 0. The molecule has 3 aromatic carbocycles. The Balaban J connectivity index is 1.62. The van der Waals surface area contributed by atoms with E-state index in [1.165, 1.54) is 43.5 Å². The molecule has 0 fully saturated rings. The quantitative estimate of drug-likeness (QED) is 0.186. The third-order valence-electron chi connectivity index (χ3n) is 7.05. The topological polar surface area (TPSA) is 102 Å². The second-order valence-electron chi connectivity index (χ2n) is 10.7. The Bertz CT molecular complexity index is 1770. The number of aryl methyl sites for hydroxylation is 5. The maximum atomic E-state index is 13.9. The summed E-state index contributed by atoms with van der Waals surface area (Å²) < 4.78 is 41.7. The summed E-state index contributed by atoms with van der Waals surface area (Å²) in [6.07, 6.45) is 1.57. The smallest absolute Gasteiger partial charge is 0.264 e. The SMILES string of the molecule is COc1ccc(S(=O)(=O)N(CC(=O)N/N=C\c2cc(C)n(-c3cc(C)cc(C)c3)c2C)c2cc(C)cc(C)c2)cc1OC. The minimum atomic E-state index is -4.18. The van der Waals surface area contributed by atoms with Gasteiger partial charge in [-0.25, -0.2) is 13.8 Å². The number of sulfonamides is 1. The summed E-state index contributed by atoms with van der Waals surface area (Å²) in [4.78, 5) is 13.1. The number of carbonyl (C=O) groups excluding carboxylic acids is 1. The van der Waals surface area contributed by atoms with Gasteiger partial charge >= 0.3 is 0 Å². The van der Waals surface area contributed by atoms with E-state index in [1.807, 2.05) is 39.8 Å². The molecule has 1 aromatic heterocycles. The molecule has 1 amide bonds. The molecule has 0 saturated heterocycles. The van der Waals surface area contributed by atoms with Gasteiger partial charge in [0.25, 0.3) is 15.9 Å². The van der Waals surface area contributed by atoms with Crippen LogP contribution in [-0.4, -0.2) is 45.9 Å². The van der Waals surface area contributed by atoms with E-state index in [-0.39, 0.29) is 10.6 Å². The van der Waals surface area contributed by atoms with Crippen LogP contribution in [0.1, 0.15) is 39.2 Å². The second kappa shape index (κ2) is 12.7. The van der Waals surface area contributed by atoms with Crippen molar-refractivity contribution in [2.75, 3.05) is 25.1 Å². The van der Waals surface area contributed by atoms with Crippen LogP contribution in [-0.2, 0) is 14.8 Å². The fourth-order valence-corrected chi connectivity index (χ4v) is 6.67. The van der Waals surface area contributed by atoms with Crippen LogP contribution in [0.5, 0.6) is 11.5 Å². The van der Waals surface area contributed by atoms with E-state index in [1.54, 1.807) is 18.3 Å². The van der Waals surface area contributed by atoms with Gasteiger partial charge in [0.1, 0.15) is 6.54 Å². The van der Waals surface area contributed by atoms with Crippen molar-refractivity contribution in [3.63, 3.8) is 0 Å². The number of hydrazone groups is 1. The number of carbonyl (C=O) groups is 1. The third-order valence-corrected chi connectivity index (χ3v) is 8.82. The van der Waals surface area contributed by atoms with E-state index in [9.17, 15) is 13.2 Å². The molecule has 0 aliphatic carbocycles. The molecule has 0 aliphatic heterocycles. The van der Waals surface area contributed by atoms with Crippen LogP contribution in [0.25, 0.3) is 5.69 Å². The second-order valence-corrected chi connectivity index (χ2v) is 12.5. The molecule has 0 unspecified atom stereocenters. The molecule has 0 bridgehead atoms. The highest BCUT2D eigenvalue weighted by Crippen LogP contribution is 2.32. The average Bonchev–Trinajstić information content (AvgIpc) is 3.22. The van der Waals surface area contributed by atoms with Gasteiger partial charge in [0.2, 0.25) is 0 Å². The number of rotatable bonds is 10. The van der Waals surface area contributed by atoms with E-state index < -0.39 is 22.5 Å². The third kappa shape index (κ3) is 6.91. The molecule has 0 radical (unpaired) electrons. The van der Waals surface area contributed by atoms with E-state index in [0.717, 1.165) is 38.1 Å². The minimum absolute atomic E-state index is 0.0422. The van der Waals surface area contributed by atoms with Crippen LogP contribution in [0.2, 0.25) is 0 Å². The molecule has 0 spiro atoms. The lowest BCUT2D eigenvalue weighted by Crippen LogP contribution is -2.39. The summed E-state index contributed by atoms with van der Waals surface area (Å²) in [5.41, 5.74) is 10.8. The van der Waals surface area contributed by atoms with Crippen molar-refractivity contribution in [1.82, 2.24) is 9.99 Å². The van der Waals surface area contributed by atoms with Crippen LogP contribution in [0.3, 0.4) is 0 Å². The lowest BCUT2D eigenvalue weighted by atomic mass is 10.1. The van der Waals surface area contributed by atoms with Crippen LogP contribution < -0.4 is 19.2 Å². The molecule has 9 nitrogen and oxygen atoms in total. The van der Waals surface area contributed by atoms with Crippen molar-refractivity contribution < 1.29 is 22.7 Å². The van der Waals surface area contributed by atoms with E-state index in [0.29, 0.717) is 11.4 Å². The molecule has 1 N–H and O–H groups in total. The molecule has 4 aromatic rings. The summed E-state index contributed by atoms with van der Waals surface area (Å²) in [5, 5.41) is 4.18. The lowest BCUT2D eigenvalue weighted by molar-refractivity contribution is -0.119. The number of methoxy groups -OCH3 is 2. The molecule has 226 valence electrons. The monoisotopic (exact) mass is 602 g/mol. The standard InChI is InChI=1S/C33H38N4O5S/c1-21-11-22(2)14-28(13-21)36(43(39,40)30-9-10-31(41-7)32(18-30)42-8)20-33(38)35-34-19-27-17-25(5)37(26(27)6)29-15-23(3)12-24(4)16-29/h9-19H,20H2,1-8H3,(H,35,38)/b34-19-. The first-order valence-corrected chi connectivity index (χ1v) is 15.2. The maximum Gasteiger partial charge on any atom is 0.264 e. The van der Waals surface area contributed by atoms with Gasteiger partial charge in [-0.3, -0.25) is 9.10 Å². The van der Waals surface area contributed by atoms with Crippen molar-refractivity contribution in [3.8, 4) is 17.2 Å². The van der Waals surface area contributed by atoms with Crippen LogP contribution in [0.4, 0.5) is 5.69 Å². The Hall–Kier alpha value is -4.57. The van der Waals surface area contributed by atoms with Gasteiger partial charge in [-0.2, -0.15) is 5.10 Å². The Labute approximate surface area is 253 Å². The lowest BCUT2D eigenvalue weighted by Gasteiger charge is -2.25. The highest BCUT2D eigenvalue weighted by atomic mass is 32.2. The summed E-state index contributed by atoms with van der Waals surface area (Å²) in [7, 11) is -1.28. The highest BCUT2D eigenvalue weighted by molar-refractivity contribution is 7.92. The largest absolute Gasteiger partial charge is 0.493 e. The molecular formula is C33H38N4O5S. The molecule has 0 atom stereocenters. The Morgan fingerprint density at radius 1 is 0.837 bits per heavy atom. The molecule has 1 heterocycles. The first-order chi connectivity index (χ1) is 20.3. The van der Waals surface area contributed by atoms with Crippen molar-refractivity contribution in [3.05, 3.63) is 99.9 Å². The number of nitrogens with one attached hydrogen (secondary N) is 1. The van der Waals surface area contributed by atoms with E-state index in [2.05, 4.69) is 47.1 Å². The number of nitrogens with zero attached hydrogens (tertiary/aromatic N) is 3. The van der Waals surface area contributed by atoms with E-state index >= 15 is 0 Å². The van der Waals surface area contributed by atoms with Crippen molar-refractivity contribution >= 4 is 27.8 Å². The van der Waals surface area contributed by atoms with Gasteiger partial charge in [0.15, 0.2) is 11.5 Å². The Morgan fingerprint density at radius 3 is 2.00 bits per heavy atom. The average molecular weight is 603 g/mol. The Morgan fingerprint density at radius 2 is 1.42 bits per heavy atom. The van der Waals surface area contributed by atoms with Crippen LogP contribution >= 0.6 is 0 Å². The number of aromatic nitrogens is 1. The first-order valence-electron chi connectivity index (χ1n) is 13.8. The number of benzene rings is 3. The highest BCUT2D eigenvalue weighted by Gasteiger charge is 2.29. The van der Waals surface area contributed by atoms with Gasteiger partial charge in [0, 0.05) is 28.7 Å². The van der Waals surface area contributed by atoms with Crippen LogP contribution in [0.15, 0.2) is 70.7 Å². The zero-order valence-corrected chi connectivity index (χ0v) is 26.7. The molecule has 0 aliphatic rings. The zero-order chi connectivity index (χ0) is 31.5. The Kier molecular flexibility index (Phi) is 9.30. The normalized spacial score (nSPS) is 11.5. The van der Waals surface area contributed by atoms with Gasteiger partial charge in [0.05, 0.1) is 31.0 Å². The molecule has 0 saturated carbocycles. The first kappa shape index (κ1) is 31.4. The van der Waals surface area contributed by atoms with Gasteiger partial charge in [-0.1, -0.05) is 12.1 Å². The number of hydrogen-bond acceptors (Lipinski definition) is 6. The summed E-state index contributed by atoms with van der Waals surface area (Å²) in [5.74, 6) is 0.0578. The summed E-state index contributed by atoms with van der Waals surface area (Å²) in [6, 6.07) is 18.1. The predicted octanol–water partition coefficient (Wildman–Crippen LogP) is 5.69. The number of hydrogen-bond donors (Lipinski definition) is 1. The number of amides is 1. The van der Waals surface area contributed by atoms with Crippen molar-refractivity contribution in [1.29, 1.82) is 0 Å². The fourth-order valence-electron chi connectivity index (χ4n) is 5.25. The molecule has 4 rings (SSSR count). The predicted molar refractivity (Wildman–Crippen MR) is 170 cm³/mol. The molecule has 10 heteroatoms. The number of anilines is 1. The number of ether oxygens (including phenoxy) is 2. The van der Waals surface area contributed by atoms with Crippen molar-refractivity contribution in [2.24, 2.45) is 5.10 Å². The fraction of sp³-hybridized carbons (Fsp3) is 0.273. The van der Waals surface area contributed by atoms with E-state index in [4.69, 9.17) is 9.47 Å². The zero-order valence-electron chi connectivity index (χ0n) is 25.8. The van der Waals surface area contributed by atoms with Gasteiger partial charge < -0.3 is 14.0 Å². The molecular weight excluding hydrogens is 564 g/mol. The van der Waals surface area contributed by atoms with Crippen LogP contribution in [0, 0.1) is 41.5 Å². The molecule has 43 heavy (non-hydrogen) atoms. The minimum Gasteiger partial charge on any atom is -0.493 e. The van der Waals surface area contributed by atoms with Crippen molar-refractivity contribution in [2.45, 2.75) is 46.4 Å². The van der Waals surface area contributed by atoms with Gasteiger partial charge in [-0.15, -0.1) is 0 Å². The maximum absolute atomic E-state index is 13.9.